The van der Waals surface area contributed by atoms with Gasteiger partial charge in [0.25, 0.3) is 0 Å². The maximum absolute atomic E-state index is 12.9. The van der Waals surface area contributed by atoms with Crippen molar-refractivity contribution in [2.75, 3.05) is 39.3 Å². The van der Waals surface area contributed by atoms with Gasteiger partial charge >= 0.3 is 5.97 Å². The number of aliphatic hydroxyl groups is 1. The number of halogens is 1. The number of carboxylic acid groups (broad SMARTS) is 1. The van der Waals surface area contributed by atoms with Crippen LogP contribution in [-0.2, 0) is 9.59 Å². The SMILES string of the molecule is O=C(CCC(=O)N1C[C@H]2CN(CCO)C[C@@]2(C(=O)O)C1)c1ccc(F)cc1. The van der Waals surface area contributed by atoms with E-state index in [4.69, 9.17) is 5.11 Å². The average molecular weight is 378 g/mol. The molecule has 27 heavy (non-hydrogen) atoms. The third kappa shape index (κ3) is 3.86. The van der Waals surface area contributed by atoms with Gasteiger partial charge in [0.2, 0.25) is 5.91 Å². The first-order valence-electron chi connectivity index (χ1n) is 8.99. The zero-order valence-electron chi connectivity index (χ0n) is 14.9. The fraction of sp³-hybridized carbons (Fsp3) is 0.526. The molecule has 0 aromatic heterocycles. The number of hydrogen-bond donors (Lipinski definition) is 2. The third-order valence-corrected chi connectivity index (χ3v) is 5.61. The Kier molecular flexibility index (Phi) is 5.57. The smallest absolute Gasteiger partial charge is 0.313 e. The van der Waals surface area contributed by atoms with Crippen molar-refractivity contribution in [3.05, 3.63) is 35.6 Å². The van der Waals surface area contributed by atoms with E-state index in [0.717, 1.165) is 0 Å². The number of aliphatic hydroxyl groups excluding tert-OH is 1. The standard InChI is InChI=1S/C19H23FN2O5/c20-15-3-1-13(2-4-15)16(24)5-6-17(25)22-10-14-9-21(7-8-23)11-19(14,12-22)18(26)27/h1-4,14,23H,5-12H2,(H,26,27)/t14-,19-/m1/s1. The lowest BCUT2D eigenvalue weighted by atomic mass is 9.81. The van der Waals surface area contributed by atoms with E-state index in [2.05, 4.69) is 0 Å². The molecular formula is C19H23FN2O5. The molecule has 0 aliphatic carbocycles. The van der Waals surface area contributed by atoms with Gasteiger partial charge in [0, 0.05) is 57.0 Å². The molecule has 0 radical (unpaired) electrons. The van der Waals surface area contributed by atoms with Crippen molar-refractivity contribution >= 4 is 17.7 Å². The predicted molar refractivity (Wildman–Crippen MR) is 93.6 cm³/mol. The molecular weight excluding hydrogens is 355 g/mol. The van der Waals surface area contributed by atoms with Crippen LogP contribution < -0.4 is 0 Å². The van der Waals surface area contributed by atoms with Gasteiger partial charge in [-0.25, -0.2) is 4.39 Å². The normalized spacial score (nSPS) is 24.8. The lowest BCUT2D eigenvalue weighted by molar-refractivity contribution is -0.149. The molecule has 1 amide bonds. The van der Waals surface area contributed by atoms with E-state index in [9.17, 15) is 23.9 Å². The first kappa shape index (κ1) is 19.4. The van der Waals surface area contributed by atoms with Crippen LogP contribution in [0.25, 0.3) is 0 Å². The zero-order valence-corrected chi connectivity index (χ0v) is 14.9. The Hall–Kier alpha value is -2.32. The van der Waals surface area contributed by atoms with E-state index in [-0.39, 0.29) is 43.6 Å². The maximum Gasteiger partial charge on any atom is 0.313 e. The van der Waals surface area contributed by atoms with E-state index in [1.807, 2.05) is 4.90 Å². The van der Waals surface area contributed by atoms with Gasteiger partial charge < -0.3 is 15.1 Å². The van der Waals surface area contributed by atoms with Gasteiger partial charge in [0.05, 0.1) is 6.61 Å². The maximum atomic E-state index is 12.9. The van der Waals surface area contributed by atoms with Crippen LogP contribution in [0, 0.1) is 17.2 Å². The van der Waals surface area contributed by atoms with Crippen LogP contribution in [0.3, 0.4) is 0 Å². The molecule has 0 spiro atoms. The van der Waals surface area contributed by atoms with Crippen molar-refractivity contribution in [1.82, 2.24) is 9.80 Å². The minimum atomic E-state index is -1.01. The van der Waals surface area contributed by atoms with Gasteiger partial charge in [0.1, 0.15) is 11.2 Å². The molecule has 2 saturated heterocycles. The summed E-state index contributed by atoms with van der Waals surface area (Å²) in [6, 6.07) is 5.17. The first-order chi connectivity index (χ1) is 12.9. The first-order valence-corrected chi connectivity index (χ1v) is 8.99. The number of fused-ring (bicyclic) bond motifs is 1. The molecule has 2 fully saturated rings. The zero-order chi connectivity index (χ0) is 19.6. The van der Waals surface area contributed by atoms with E-state index < -0.39 is 17.2 Å². The largest absolute Gasteiger partial charge is 0.481 e. The average Bonchev–Trinajstić information content (AvgIpc) is 3.15. The lowest BCUT2D eigenvalue weighted by Gasteiger charge is -2.25. The molecule has 1 aromatic rings. The highest BCUT2D eigenvalue weighted by molar-refractivity contribution is 5.98. The number of aliphatic carboxylic acids is 1. The number of carbonyl (C=O) groups is 3. The highest BCUT2D eigenvalue weighted by atomic mass is 19.1. The summed E-state index contributed by atoms with van der Waals surface area (Å²) in [5.41, 5.74) is -0.657. The molecule has 0 bridgehead atoms. The van der Waals surface area contributed by atoms with Gasteiger partial charge in [-0.15, -0.1) is 0 Å². The van der Waals surface area contributed by atoms with Crippen molar-refractivity contribution in [2.45, 2.75) is 12.8 Å². The molecule has 2 heterocycles. The Morgan fingerprint density at radius 2 is 1.81 bits per heavy atom. The summed E-state index contributed by atoms with van der Waals surface area (Å²) in [5, 5.41) is 18.8. The van der Waals surface area contributed by atoms with E-state index in [0.29, 0.717) is 31.7 Å². The molecule has 1 aromatic carbocycles. The Bertz CT molecular complexity index is 738. The number of carbonyl (C=O) groups excluding carboxylic acids is 2. The number of carboxylic acids is 1. The quantitative estimate of drug-likeness (QED) is 0.676. The van der Waals surface area contributed by atoms with Gasteiger partial charge in [-0.05, 0) is 24.3 Å². The minimum absolute atomic E-state index is 0.00101. The Morgan fingerprint density at radius 1 is 1.11 bits per heavy atom. The van der Waals surface area contributed by atoms with Crippen LogP contribution in [-0.4, -0.2) is 77.0 Å². The second-order valence-corrected chi connectivity index (χ2v) is 7.32. The third-order valence-electron chi connectivity index (χ3n) is 5.61. The predicted octanol–water partition coefficient (Wildman–Crippen LogP) is 0.626. The number of rotatable bonds is 7. The van der Waals surface area contributed by atoms with E-state index in [1.54, 1.807) is 0 Å². The number of amides is 1. The van der Waals surface area contributed by atoms with E-state index >= 15 is 0 Å². The van der Waals surface area contributed by atoms with Crippen LogP contribution >= 0.6 is 0 Å². The van der Waals surface area contributed by atoms with Crippen molar-refractivity contribution < 1.29 is 29.0 Å². The van der Waals surface area contributed by atoms with Crippen molar-refractivity contribution in [2.24, 2.45) is 11.3 Å². The monoisotopic (exact) mass is 378 g/mol. The van der Waals surface area contributed by atoms with Crippen molar-refractivity contribution in [3.63, 3.8) is 0 Å². The molecule has 2 aliphatic heterocycles. The molecule has 8 heteroatoms. The van der Waals surface area contributed by atoms with Crippen LogP contribution in [0.1, 0.15) is 23.2 Å². The molecule has 2 N–H and O–H groups in total. The lowest BCUT2D eigenvalue weighted by Crippen LogP contribution is -2.42. The molecule has 146 valence electrons. The van der Waals surface area contributed by atoms with Gasteiger partial charge in [-0.1, -0.05) is 0 Å². The number of hydrogen-bond acceptors (Lipinski definition) is 5. The Morgan fingerprint density at radius 3 is 2.41 bits per heavy atom. The van der Waals surface area contributed by atoms with Crippen molar-refractivity contribution in [3.8, 4) is 0 Å². The highest BCUT2D eigenvalue weighted by Crippen LogP contribution is 2.42. The Labute approximate surface area is 156 Å². The second kappa shape index (κ2) is 7.74. The van der Waals surface area contributed by atoms with Crippen LogP contribution in [0.5, 0.6) is 0 Å². The highest BCUT2D eigenvalue weighted by Gasteiger charge is 2.58. The van der Waals surface area contributed by atoms with Crippen LogP contribution in [0.15, 0.2) is 24.3 Å². The number of nitrogens with zero attached hydrogens (tertiary/aromatic N) is 2. The number of benzene rings is 1. The summed E-state index contributed by atoms with van der Waals surface area (Å²) in [7, 11) is 0. The molecule has 7 nitrogen and oxygen atoms in total. The topological polar surface area (TPSA) is 98.2 Å². The summed E-state index contributed by atoms with van der Waals surface area (Å²) in [6.45, 7) is 1.70. The summed E-state index contributed by atoms with van der Waals surface area (Å²) >= 11 is 0. The van der Waals surface area contributed by atoms with E-state index in [1.165, 1.54) is 29.2 Å². The van der Waals surface area contributed by atoms with Crippen LogP contribution in [0.2, 0.25) is 0 Å². The van der Waals surface area contributed by atoms with Gasteiger partial charge in [-0.2, -0.15) is 0 Å². The summed E-state index contributed by atoms with van der Waals surface area (Å²) in [5.74, 6) is -2.02. The second-order valence-electron chi connectivity index (χ2n) is 7.32. The summed E-state index contributed by atoms with van der Waals surface area (Å²) in [6.07, 6.45) is 0.00131. The summed E-state index contributed by atoms with van der Waals surface area (Å²) in [4.78, 5) is 40.0. The fourth-order valence-corrected chi connectivity index (χ4v) is 4.13. The number of Topliss-reactive ketones (excluding diaryl/α,β-unsaturated/α-hetero) is 1. The molecule has 2 aliphatic rings. The number of likely N-dealkylation sites (tertiary alicyclic amines) is 2. The number of β-amino-alcohol motifs (C(OH)–C–C–N with tert-alkyl or cyclic N) is 1. The number of ketones is 1. The van der Waals surface area contributed by atoms with Crippen LogP contribution in [0.4, 0.5) is 4.39 Å². The van der Waals surface area contributed by atoms with Gasteiger partial charge in [-0.3, -0.25) is 19.3 Å². The minimum Gasteiger partial charge on any atom is -0.481 e. The molecule has 0 unspecified atom stereocenters. The van der Waals surface area contributed by atoms with Gasteiger partial charge in [0.15, 0.2) is 5.78 Å². The van der Waals surface area contributed by atoms with Crippen molar-refractivity contribution in [1.29, 1.82) is 0 Å². The molecule has 2 atom stereocenters. The fourth-order valence-electron chi connectivity index (χ4n) is 4.13. The molecule has 3 rings (SSSR count). The molecule has 0 saturated carbocycles. The summed E-state index contributed by atoms with van der Waals surface area (Å²) < 4.78 is 12.9. The Balaban J connectivity index is 1.58.